The van der Waals surface area contributed by atoms with E-state index in [1.165, 1.54) is 10.4 Å². The first-order valence-corrected chi connectivity index (χ1v) is 9.96. The van der Waals surface area contributed by atoms with E-state index in [9.17, 15) is 5.11 Å². The molecule has 2 aromatic rings. The van der Waals surface area contributed by atoms with Gasteiger partial charge in [0.25, 0.3) is 0 Å². The van der Waals surface area contributed by atoms with E-state index >= 15 is 0 Å². The van der Waals surface area contributed by atoms with Gasteiger partial charge in [0.15, 0.2) is 11.5 Å². The molecule has 2 rings (SSSR count). The largest absolute Gasteiger partial charge is 0.493 e. The molecule has 0 radical (unpaired) electrons. The zero-order chi connectivity index (χ0) is 15.5. The van der Waals surface area contributed by atoms with E-state index in [2.05, 4.69) is 31.3 Å². The van der Waals surface area contributed by atoms with Crippen LogP contribution in [-0.4, -0.2) is 27.4 Å². The summed E-state index contributed by atoms with van der Waals surface area (Å²) >= 11 is 0. The number of hydrogen-bond acceptors (Lipinski definition) is 3. The minimum Gasteiger partial charge on any atom is -0.493 e. The summed E-state index contributed by atoms with van der Waals surface area (Å²) < 4.78 is 10.7. The monoisotopic (exact) mass is 302 g/mol. The van der Waals surface area contributed by atoms with Crippen molar-refractivity contribution in [2.24, 2.45) is 0 Å². The summed E-state index contributed by atoms with van der Waals surface area (Å²) in [6.07, 6.45) is 0. The quantitative estimate of drug-likeness (QED) is 0.859. The number of ether oxygens (including phenoxy) is 2. The molecule has 3 nitrogen and oxygen atoms in total. The normalized spacial score (nSPS) is 11.3. The average molecular weight is 302 g/mol. The van der Waals surface area contributed by atoms with Crippen LogP contribution in [0.15, 0.2) is 42.5 Å². The Balaban J connectivity index is 2.53. The summed E-state index contributed by atoms with van der Waals surface area (Å²) in [6, 6.07) is 14.2. The number of aliphatic hydroxyl groups is 1. The predicted octanol–water partition coefficient (Wildman–Crippen LogP) is 2.02. The standard InChI is InChI=1S/C17H22O3Si/c1-19-15-10-9-14(11-16(15)20-2)21(3,4)17-8-6-5-7-13(17)12-18/h5-11,18H,12H2,1-4H3. The SMILES string of the molecule is COc1ccc([Si](C)(C)c2ccccc2CO)cc1OC. The maximum absolute atomic E-state index is 9.59. The van der Waals surface area contributed by atoms with Crippen molar-refractivity contribution in [1.29, 1.82) is 0 Å². The third kappa shape index (κ3) is 2.96. The van der Waals surface area contributed by atoms with Crippen molar-refractivity contribution >= 4 is 18.4 Å². The van der Waals surface area contributed by atoms with Crippen molar-refractivity contribution in [3.05, 3.63) is 48.0 Å². The van der Waals surface area contributed by atoms with Crippen LogP contribution < -0.4 is 19.8 Å². The zero-order valence-corrected chi connectivity index (χ0v) is 14.0. The van der Waals surface area contributed by atoms with Crippen molar-refractivity contribution in [3.63, 3.8) is 0 Å². The predicted molar refractivity (Wildman–Crippen MR) is 88.7 cm³/mol. The molecule has 0 aliphatic carbocycles. The van der Waals surface area contributed by atoms with Gasteiger partial charge in [-0.05, 0) is 22.9 Å². The molecule has 0 atom stereocenters. The number of benzene rings is 2. The van der Waals surface area contributed by atoms with Gasteiger partial charge in [0, 0.05) is 0 Å². The minimum atomic E-state index is -1.90. The van der Waals surface area contributed by atoms with E-state index in [-0.39, 0.29) is 6.61 Å². The summed E-state index contributed by atoms with van der Waals surface area (Å²) in [4.78, 5) is 0. The first-order chi connectivity index (χ1) is 10.0. The number of hydrogen-bond donors (Lipinski definition) is 1. The maximum Gasteiger partial charge on any atom is 0.160 e. The molecule has 4 heteroatoms. The average Bonchev–Trinajstić information content (AvgIpc) is 2.53. The van der Waals surface area contributed by atoms with Gasteiger partial charge in [-0.3, -0.25) is 0 Å². The van der Waals surface area contributed by atoms with Gasteiger partial charge in [-0.25, -0.2) is 0 Å². The third-order valence-electron chi connectivity index (χ3n) is 3.97. The lowest BCUT2D eigenvalue weighted by Crippen LogP contribution is -2.54. The highest BCUT2D eigenvalue weighted by Gasteiger charge is 2.29. The second kappa shape index (κ2) is 6.33. The third-order valence-corrected chi connectivity index (χ3v) is 7.56. The minimum absolute atomic E-state index is 0.0693. The molecule has 0 amide bonds. The van der Waals surface area contributed by atoms with Gasteiger partial charge in [0.2, 0.25) is 0 Å². The van der Waals surface area contributed by atoms with Crippen LogP contribution in [0, 0.1) is 0 Å². The molecule has 112 valence electrons. The van der Waals surface area contributed by atoms with Crippen LogP contribution in [0.5, 0.6) is 11.5 Å². The highest BCUT2D eigenvalue weighted by atomic mass is 28.3. The van der Waals surface area contributed by atoms with E-state index in [0.717, 1.165) is 17.1 Å². The van der Waals surface area contributed by atoms with Crippen molar-refractivity contribution in [2.75, 3.05) is 14.2 Å². The van der Waals surface area contributed by atoms with Crippen LogP contribution in [0.3, 0.4) is 0 Å². The van der Waals surface area contributed by atoms with Crippen LogP contribution in [0.1, 0.15) is 5.56 Å². The van der Waals surface area contributed by atoms with Gasteiger partial charge in [0.1, 0.15) is 8.07 Å². The van der Waals surface area contributed by atoms with Crippen molar-refractivity contribution < 1.29 is 14.6 Å². The fourth-order valence-electron chi connectivity index (χ4n) is 2.65. The Morgan fingerprint density at radius 2 is 1.62 bits per heavy atom. The molecule has 2 aromatic carbocycles. The number of methoxy groups -OCH3 is 2. The summed E-state index contributed by atoms with van der Waals surface area (Å²) in [6.45, 7) is 4.63. The lowest BCUT2D eigenvalue weighted by Gasteiger charge is -2.26. The Hall–Kier alpha value is -1.78. The Bertz CT molecular complexity index is 623. The van der Waals surface area contributed by atoms with Crippen LogP contribution in [0.25, 0.3) is 0 Å². The topological polar surface area (TPSA) is 38.7 Å². The molecular weight excluding hydrogens is 280 g/mol. The summed E-state index contributed by atoms with van der Waals surface area (Å²) in [5.41, 5.74) is 1.00. The fraction of sp³-hybridized carbons (Fsp3) is 0.294. The first-order valence-electron chi connectivity index (χ1n) is 6.96. The maximum atomic E-state index is 9.59. The lowest BCUT2D eigenvalue weighted by atomic mass is 10.2. The molecule has 0 aliphatic heterocycles. The van der Waals surface area contributed by atoms with Crippen molar-refractivity contribution in [3.8, 4) is 11.5 Å². The van der Waals surface area contributed by atoms with Gasteiger partial charge in [-0.2, -0.15) is 0 Å². The highest BCUT2D eigenvalue weighted by molar-refractivity contribution is 7.00. The summed E-state index contributed by atoms with van der Waals surface area (Å²) in [5, 5.41) is 12.1. The number of aliphatic hydroxyl groups excluding tert-OH is 1. The molecule has 0 bridgehead atoms. The fourth-order valence-corrected chi connectivity index (χ4v) is 5.43. The van der Waals surface area contributed by atoms with Gasteiger partial charge in [0.05, 0.1) is 20.8 Å². The summed E-state index contributed by atoms with van der Waals surface area (Å²) in [7, 11) is 1.39. The molecule has 0 aromatic heterocycles. The van der Waals surface area contributed by atoms with E-state index in [1.807, 2.05) is 24.3 Å². The van der Waals surface area contributed by atoms with Crippen LogP contribution in [0.4, 0.5) is 0 Å². The number of rotatable bonds is 5. The molecular formula is C17H22O3Si. The molecule has 0 heterocycles. The van der Waals surface area contributed by atoms with E-state index in [1.54, 1.807) is 14.2 Å². The van der Waals surface area contributed by atoms with Crippen molar-refractivity contribution in [2.45, 2.75) is 19.7 Å². The van der Waals surface area contributed by atoms with Crippen LogP contribution in [0.2, 0.25) is 13.1 Å². The Labute approximate surface area is 127 Å². The molecule has 0 saturated carbocycles. The van der Waals surface area contributed by atoms with E-state index in [4.69, 9.17) is 9.47 Å². The van der Waals surface area contributed by atoms with Crippen LogP contribution in [-0.2, 0) is 6.61 Å². The first kappa shape index (κ1) is 15.6. The van der Waals surface area contributed by atoms with E-state index in [0.29, 0.717) is 0 Å². The molecule has 0 unspecified atom stereocenters. The van der Waals surface area contributed by atoms with Crippen molar-refractivity contribution in [1.82, 2.24) is 0 Å². The Morgan fingerprint density at radius 3 is 2.24 bits per heavy atom. The van der Waals surface area contributed by atoms with E-state index < -0.39 is 8.07 Å². The molecule has 0 aliphatic rings. The molecule has 0 saturated heterocycles. The summed E-state index contributed by atoms with van der Waals surface area (Å²) in [5.74, 6) is 1.48. The van der Waals surface area contributed by atoms with Gasteiger partial charge < -0.3 is 14.6 Å². The van der Waals surface area contributed by atoms with Gasteiger partial charge in [-0.1, -0.05) is 48.6 Å². The molecule has 0 spiro atoms. The smallest absolute Gasteiger partial charge is 0.160 e. The molecule has 1 N–H and O–H groups in total. The second-order valence-electron chi connectivity index (χ2n) is 5.51. The Morgan fingerprint density at radius 1 is 0.952 bits per heavy atom. The van der Waals surface area contributed by atoms with Crippen LogP contribution >= 0.6 is 0 Å². The molecule has 0 fully saturated rings. The zero-order valence-electron chi connectivity index (χ0n) is 13.0. The lowest BCUT2D eigenvalue weighted by molar-refractivity contribution is 0.283. The van der Waals surface area contributed by atoms with Gasteiger partial charge in [-0.15, -0.1) is 0 Å². The van der Waals surface area contributed by atoms with Gasteiger partial charge >= 0.3 is 0 Å². The Kier molecular flexibility index (Phi) is 4.70. The highest BCUT2D eigenvalue weighted by Crippen LogP contribution is 2.25. The molecule has 21 heavy (non-hydrogen) atoms. The second-order valence-corrected chi connectivity index (χ2v) is 9.88.